The van der Waals surface area contributed by atoms with Crippen LogP contribution >= 0.6 is 0 Å². The van der Waals surface area contributed by atoms with Gasteiger partial charge in [-0.1, -0.05) is 18.2 Å². The topological polar surface area (TPSA) is 71.5 Å². The minimum absolute atomic E-state index is 0.0746. The maximum Gasteiger partial charge on any atom is 0.245 e. The summed E-state index contributed by atoms with van der Waals surface area (Å²) in [6, 6.07) is 10.8. The Morgan fingerprint density at radius 2 is 2.13 bits per heavy atom. The molecule has 1 aromatic heterocycles. The second-order valence-electron chi connectivity index (χ2n) is 5.32. The predicted octanol–water partition coefficient (Wildman–Crippen LogP) is 2.14. The number of fused-ring (bicyclic) bond motifs is 1. The summed E-state index contributed by atoms with van der Waals surface area (Å²) in [7, 11) is 0. The highest BCUT2D eigenvalue weighted by Crippen LogP contribution is 2.30. The van der Waals surface area contributed by atoms with Crippen molar-refractivity contribution >= 4 is 23.3 Å². The number of amides is 2. The van der Waals surface area contributed by atoms with Gasteiger partial charge in [0.05, 0.1) is 18.7 Å². The average molecular weight is 311 g/mol. The third-order valence-corrected chi connectivity index (χ3v) is 3.51. The van der Waals surface area contributed by atoms with Crippen LogP contribution in [0.3, 0.4) is 0 Å². The number of para-hydroxylation sites is 2. The summed E-state index contributed by atoms with van der Waals surface area (Å²) in [5.74, 6) is 0.639. The van der Waals surface area contributed by atoms with Crippen molar-refractivity contribution < 1.29 is 14.3 Å². The highest BCUT2D eigenvalue weighted by molar-refractivity contribution is 6.03. The molecular weight excluding hydrogens is 294 g/mol. The zero-order valence-corrected chi connectivity index (χ0v) is 12.8. The van der Waals surface area contributed by atoms with Crippen LogP contribution in [0.5, 0.6) is 5.75 Å². The van der Waals surface area contributed by atoms with E-state index in [0.717, 1.165) is 5.56 Å². The molecule has 2 amide bonds. The van der Waals surface area contributed by atoms with Crippen molar-refractivity contribution in [3.05, 3.63) is 48.2 Å². The molecule has 0 fully saturated rings. The number of anilines is 2. The SMILES string of the molecule is Cc1ccc(NC(=O)CN2C(=O)CCOc3ccccc32)nc1. The Hall–Kier alpha value is -2.89. The molecule has 1 N–H and O–H groups in total. The molecule has 23 heavy (non-hydrogen) atoms. The summed E-state index contributed by atoms with van der Waals surface area (Å²) in [4.78, 5) is 30.1. The number of nitrogens with zero attached hydrogens (tertiary/aromatic N) is 2. The van der Waals surface area contributed by atoms with Gasteiger partial charge in [0.15, 0.2) is 0 Å². The number of benzene rings is 1. The molecule has 0 unspecified atom stereocenters. The van der Waals surface area contributed by atoms with Gasteiger partial charge in [-0.25, -0.2) is 4.98 Å². The number of carbonyl (C=O) groups is 2. The molecule has 0 saturated carbocycles. The highest BCUT2D eigenvalue weighted by atomic mass is 16.5. The van der Waals surface area contributed by atoms with Crippen LogP contribution in [0, 0.1) is 6.92 Å². The van der Waals surface area contributed by atoms with Crippen LogP contribution in [0.4, 0.5) is 11.5 Å². The lowest BCUT2D eigenvalue weighted by molar-refractivity contribution is -0.121. The van der Waals surface area contributed by atoms with Crippen molar-refractivity contribution in [1.29, 1.82) is 0 Å². The van der Waals surface area contributed by atoms with Gasteiger partial charge in [0.25, 0.3) is 0 Å². The van der Waals surface area contributed by atoms with Gasteiger partial charge >= 0.3 is 0 Å². The molecule has 0 saturated heterocycles. The number of aromatic nitrogens is 1. The summed E-state index contributed by atoms with van der Waals surface area (Å²) in [6.07, 6.45) is 1.92. The van der Waals surface area contributed by atoms with Gasteiger partial charge in [-0.2, -0.15) is 0 Å². The van der Waals surface area contributed by atoms with Gasteiger partial charge in [-0.05, 0) is 30.7 Å². The van der Waals surface area contributed by atoms with E-state index in [9.17, 15) is 9.59 Å². The Balaban J connectivity index is 1.76. The molecule has 2 aromatic rings. The third kappa shape index (κ3) is 3.48. The van der Waals surface area contributed by atoms with E-state index in [-0.39, 0.29) is 24.8 Å². The van der Waals surface area contributed by atoms with Gasteiger partial charge in [-0.15, -0.1) is 0 Å². The van der Waals surface area contributed by atoms with Crippen LogP contribution in [0.2, 0.25) is 0 Å². The van der Waals surface area contributed by atoms with Crippen molar-refractivity contribution in [1.82, 2.24) is 4.98 Å². The fraction of sp³-hybridized carbons (Fsp3) is 0.235. The zero-order valence-electron chi connectivity index (χ0n) is 12.8. The van der Waals surface area contributed by atoms with Crippen LogP contribution < -0.4 is 15.0 Å². The molecule has 0 spiro atoms. The number of hydrogen-bond donors (Lipinski definition) is 1. The number of pyridine rings is 1. The normalized spacial score (nSPS) is 13.8. The molecule has 118 valence electrons. The van der Waals surface area contributed by atoms with Crippen molar-refractivity contribution in [3.8, 4) is 5.75 Å². The Kier molecular flexibility index (Phi) is 4.23. The lowest BCUT2D eigenvalue weighted by Crippen LogP contribution is -2.37. The molecule has 2 heterocycles. The van der Waals surface area contributed by atoms with E-state index in [4.69, 9.17) is 4.74 Å². The van der Waals surface area contributed by atoms with Crippen LogP contribution in [0.1, 0.15) is 12.0 Å². The molecule has 6 nitrogen and oxygen atoms in total. The first-order valence-corrected chi connectivity index (χ1v) is 7.38. The van der Waals surface area contributed by atoms with Gasteiger partial charge in [-0.3, -0.25) is 14.5 Å². The zero-order chi connectivity index (χ0) is 16.2. The third-order valence-electron chi connectivity index (χ3n) is 3.51. The van der Waals surface area contributed by atoms with Crippen LogP contribution in [-0.2, 0) is 9.59 Å². The fourth-order valence-corrected chi connectivity index (χ4v) is 2.36. The average Bonchev–Trinajstić information content (AvgIpc) is 2.70. The number of rotatable bonds is 3. The highest BCUT2D eigenvalue weighted by Gasteiger charge is 2.25. The van der Waals surface area contributed by atoms with E-state index in [2.05, 4.69) is 10.3 Å². The standard InChI is InChI=1S/C17H17N3O3/c1-12-6-7-15(18-10-12)19-16(21)11-20-13-4-2-3-5-14(13)23-9-8-17(20)22/h2-7,10H,8-9,11H2,1H3,(H,18,19,21). The largest absolute Gasteiger partial charge is 0.491 e. The summed E-state index contributed by atoms with van der Waals surface area (Å²) in [5.41, 5.74) is 1.62. The molecule has 0 bridgehead atoms. The monoisotopic (exact) mass is 311 g/mol. The lowest BCUT2D eigenvalue weighted by Gasteiger charge is -2.21. The molecule has 3 rings (SSSR count). The molecule has 1 aliphatic rings. The van der Waals surface area contributed by atoms with E-state index in [1.807, 2.05) is 25.1 Å². The summed E-state index contributed by atoms with van der Waals surface area (Å²) in [6.45, 7) is 2.16. The number of hydrogen-bond acceptors (Lipinski definition) is 4. The summed E-state index contributed by atoms with van der Waals surface area (Å²) in [5, 5.41) is 2.70. The molecule has 6 heteroatoms. The van der Waals surface area contributed by atoms with Crippen molar-refractivity contribution in [2.45, 2.75) is 13.3 Å². The first-order valence-electron chi connectivity index (χ1n) is 7.38. The fourth-order valence-electron chi connectivity index (χ4n) is 2.36. The molecule has 1 aliphatic heterocycles. The second kappa shape index (κ2) is 6.48. The smallest absolute Gasteiger partial charge is 0.245 e. The molecule has 0 atom stereocenters. The Labute approximate surface area is 134 Å². The number of ether oxygens (including phenoxy) is 1. The van der Waals surface area contributed by atoms with Gasteiger partial charge in [0, 0.05) is 6.20 Å². The number of nitrogens with one attached hydrogen (secondary N) is 1. The summed E-state index contributed by atoms with van der Waals surface area (Å²) < 4.78 is 5.56. The predicted molar refractivity (Wildman–Crippen MR) is 86.5 cm³/mol. The maximum absolute atomic E-state index is 12.3. The molecule has 0 radical (unpaired) electrons. The first-order chi connectivity index (χ1) is 11.1. The second-order valence-corrected chi connectivity index (χ2v) is 5.32. The van der Waals surface area contributed by atoms with E-state index >= 15 is 0 Å². The van der Waals surface area contributed by atoms with Crippen molar-refractivity contribution in [3.63, 3.8) is 0 Å². The van der Waals surface area contributed by atoms with E-state index < -0.39 is 0 Å². The maximum atomic E-state index is 12.3. The minimum atomic E-state index is -0.300. The van der Waals surface area contributed by atoms with Crippen molar-refractivity contribution in [2.24, 2.45) is 0 Å². The number of carbonyl (C=O) groups excluding carboxylic acids is 2. The van der Waals surface area contributed by atoms with Crippen LogP contribution in [-0.4, -0.2) is 29.9 Å². The number of aryl methyl sites for hydroxylation is 1. The summed E-state index contributed by atoms with van der Waals surface area (Å²) >= 11 is 0. The van der Waals surface area contributed by atoms with Gasteiger partial charge < -0.3 is 10.1 Å². The van der Waals surface area contributed by atoms with Crippen molar-refractivity contribution in [2.75, 3.05) is 23.4 Å². The lowest BCUT2D eigenvalue weighted by atomic mass is 10.2. The first kappa shape index (κ1) is 15.0. The van der Waals surface area contributed by atoms with Crippen LogP contribution in [0.15, 0.2) is 42.6 Å². The Morgan fingerprint density at radius 3 is 2.91 bits per heavy atom. The Morgan fingerprint density at radius 1 is 1.30 bits per heavy atom. The molecule has 1 aromatic carbocycles. The van der Waals surface area contributed by atoms with Gasteiger partial charge in [0.1, 0.15) is 18.1 Å². The van der Waals surface area contributed by atoms with E-state index in [0.29, 0.717) is 23.9 Å². The molecule has 0 aliphatic carbocycles. The van der Waals surface area contributed by atoms with Crippen LogP contribution in [0.25, 0.3) is 0 Å². The minimum Gasteiger partial charge on any atom is -0.491 e. The Bertz CT molecular complexity index is 728. The quantitative estimate of drug-likeness (QED) is 0.942. The van der Waals surface area contributed by atoms with E-state index in [1.165, 1.54) is 4.90 Å². The van der Waals surface area contributed by atoms with E-state index in [1.54, 1.807) is 24.4 Å². The molecular formula is C17H17N3O3. The van der Waals surface area contributed by atoms with Gasteiger partial charge in [0.2, 0.25) is 11.8 Å².